The molecule has 0 heterocycles. The van der Waals surface area contributed by atoms with Crippen LogP contribution in [0.4, 0.5) is 0 Å². The maximum Gasteiger partial charge on any atom is 0.191 e. The summed E-state index contributed by atoms with van der Waals surface area (Å²) in [4.78, 5) is 4.30. The predicted octanol–water partition coefficient (Wildman–Crippen LogP) is 4.34. The molecule has 0 aliphatic carbocycles. The van der Waals surface area contributed by atoms with Crippen molar-refractivity contribution in [1.82, 2.24) is 10.6 Å². The zero-order chi connectivity index (χ0) is 19.1. The van der Waals surface area contributed by atoms with Crippen LogP contribution >= 0.6 is 24.0 Å². The average Bonchev–Trinajstić information content (AvgIpc) is 2.73. The molecule has 0 aliphatic heterocycles. The van der Waals surface area contributed by atoms with Gasteiger partial charge in [0.1, 0.15) is 11.5 Å². The number of aliphatic imine (C=N–C) groups is 1. The van der Waals surface area contributed by atoms with Crippen LogP contribution in [0.3, 0.4) is 0 Å². The molecule has 28 heavy (non-hydrogen) atoms. The van der Waals surface area contributed by atoms with Crippen LogP contribution in [0.5, 0.6) is 11.5 Å². The number of ether oxygens (including phenoxy) is 2. The number of rotatable bonds is 6. The lowest BCUT2D eigenvalue weighted by atomic mass is 10.1. The number of methoxy groups -OCH3 is 2. The minimum atomic E-state index is 0. The van der Waals surface area contributed by atoms with E-state index < -0.39 is 0 Å². The molecule has 0 aliphatic rings. The molecule has 0 saturated carbocycles. The fourth-order valence-electron chi connectivity index (χ4n) is 2.93. The molecule has 0 radical (unpaired) electrons. The van der Waals surface area contributed by atoms with Crippen LogP contribution < -0.4 is 20.1 Å². The smallest absolute Gasteiger partial charge is 0.191 e. The van der Waals surface area contributed by atoms with Crippen molar-refractivity contribution in [3.63, 3.8) is 0 Å². The van der Waals surface area contributed by atoms with E-state index in [2.05, 4.69) is 58.1 Å². The molecule has 0 spiro atoms. The first-order chi connectivity index (χ1) is 13.2. The standard InChI is InChI=1S/C22H25N3O2.HI/c1-23-22(25-15-19-10-11-20(26-2)13-21(19)27-3)24-14-16-8-9-17-6-4-5-7-18(17)12-16;/h4-13H,14-15H2,1-3H3,(H2,23,24,25);1H. The number of hydrogen-bond acceptors (Lipinski definition) is 3. The van der Waals surface area contributed by atoms with Crippen molar-refractivity contribution in [2.24, 2.45) is 4.99 Å². The van der Waals surface area contributed by atoms with E-state index in [-0.39, 0.29) is 24.0 Å². The minimum Gasteiger partial charge on any atom is -0.497 e. The van der Waals surface area contributed by atoms with E-state index in [9.17, 15) is 0 Å². The van der Waals surface area contributed by atoms with E-state index in [0.717, 1.165) is 23.0 Å². The van der Waals surface area contributed by atoms with Gasteiger partial charge >= 0.3 is 0 Å². The maximum absolute atomic E-state index is 5.44. The summed E-state index contributed by atoms with van der Waals surface area (Å²) in [5, 5.41) is 9.16. The first kappa shape index (κ1) is 21.8. The summed E-state index contributed by atoms with van der Waals surface area (Å²) in [6.07, 6.45) is 0. The van der Waals surface area contributed by atoms with Crippen LogP contribution in [0.15, 0.2) is 65.7 Å². The molecule has 0 bridgehead atoms. The van der Waals surface area contributed by atoms with Gasteiger partial charge in [-0.15, -0.1) is 24.0 Å². The summed E-state index contributed by atoms with van der Waals surface area (Å²) in [5.41, 5.74) is 2.24. The maximum atomic E-state index is 5.44. The second-order valence-corrected chi connectivity index (χ2v) is 6.14. The number of fused-ring (bicyclic) bond motifs is 1. The molecular formula is C22H26IN3O2. The fraction of sp³-hybridized carbons (Fsp3) is 0.227. The molecule has 5 nitrogen and oxygen atoms in total. The van der Waals surface area contributed by atoms with Gasteiger partial charge in [0, 0.05) is 31.8 Å². The Morgan fingerprint density at radius 2 is 1.61 bits per heavy atom. The third-order valence-electron chi connectivity index (χ3n) is 4.44. The highest BCUT2D eigenvalue weighted by molar-refractivity contribution is 14.0. The van der Waals surface area contributed by atoms with Gasteiger partial charge in [0.05, 0.1) is 14.2 Å². The van der Waals surface area contributed by atoms with Crippen molar-refractivity contribution >= 4 is 40.7 Å². The number of guanidine groups is 1. The predicted molar refractivity (Wildman–Crippen MR) is 126 cm³/mol. The Morgan fingerprint density at radius 1 is 0.857 bits per heavy atom. The van der Waals surface area contributed by atoms with Crippen LogP contribution in [-0.2, 0) is 13.1 Å². The SMILES string of the molecule is CN=C(NCc1ccc2ccccc2c1)NCc1ccc(OC)cc1OC.I. The lowest BCUT2D eigenvalue weighted by Gasteiger charge is -2.14. The number of nitrogens with zero attached hydrogens (tertiary/aromatic N) is 1. The summed E-state index contributed by atoms with van der Waals surface area (Å²) in [5.74, 6) is 2.29. The third kappa shape index (κ3) is 5.51. The Bertz CT molecular complexity index is 944. The van der Waals surface area contributed by atoms with Gasteiger partial charge in [0.25, 0.3) is 0 Å². The average molecular weight is 491 g/mol. The van der Waals surface area contributed by atoms with Gasteiger partial charge in [-0.3, -0.25) is 4.99 Å². The molecule has 3 aromatic rings. The van der Waals surface area contributed by atoms with E-state index in [1.165, 1.54) is 16.3 Å². The van der Waals surface area contributed by atoms with Gasteiger partial charge in [-0.1, -0.05) is 36.4 Å². The topological polar surface area (TPSA) is 54.9 Å². The summed E-state index contributed by atoms with van der Waals surface area (Å²) < 4.78 is 10.7. The van der Waals surface area contributed by atoms with Gasteiger partial charge in [0.2, 0.25) is 0 Å². The van der Waals surface area contributed by atoms with Crippen LogP contribution in [0.1, 0.15) is 11.1 Å². The lowest BCUT2D eigenvalue weighted by molar-refractivity contribution is 0.390. The van der Waals surface area contributed by atoms with Crippen molar-refractivity contribution in [2.75, 3.05) is 21.3 Å². The Balaban J connectivity index is 0.00000280. The molecule has 6 heteroatoms. The van der Waals surface area contributed by atoms with Crippen LogP contribution in [-0.4, -0.2) is 27.2 Å². The zero-order valence-electron chi connectivity index (χ0n) is 16.4. The number of nitrogens with one attached hydrogen (secondary N) is 2. The van der Waals surface area contributed by atoms with Gasteiger partial charge < -0.3 is 20.1 Å². The first-order valence-electron chi connectivity index (χ1n) is 8.86. The summed E-state index contributed by atoms with van der Waals surface area (Å²) in [7, 11) is 5.07. The second kappa shape index (κ2) is 10.8. The number of hydrogen-bond donors (Lipinski definition) is 2. The van der Waals surface area contributed by atoms with Crippen molar-refractivity contribution in [1.29, 1.82) is 0 Å². The van der Waals surface area contributed by atoms with Crippen molar-refractivity contribution in [3.05, 3.63) is 71.8 Å². The van der Waals surface area contributed by atoms with E-state index in [4.69, 9.17) is 9.47 Å². The normalized spacial score (nSPS) is 10.9. The molecule has 0 fully saturated rings. The van der Waals surface area contributed by atoms with Crippen LogP contribution in [0, 0.1) is 0 Å². The molecule has 0 aromatic heterocycles. The molecule has 0 saturated heterocycles. The Labute approximate surface area is 183 Å². The van der Waals surface area contributed by atoms with Crippen molar-refractivity contribution in [3.8, 4) is 11.5 Å². The quantitative estimate of drug-likeness (QED) is 0.306. The Kier molecular flexibility index (Phi) is 8.38. The molecule has 2 N–H and O–H groups in total. The summed E-state index contributed by atoms with van der Waals surface area (Å²) in [6, 6.07) is 20.6. The fourth-order valence-corrected chi connectivity index (χ4v) is 2.93. The van der Waals surface area contributed by atoms with Crippen LogP contribution in [0.25, 0.3) is 10.8 Å². The Morgan fingerprint density at radius 3 is 2.32 bits per heavy atom. The van der Waals surface area contributed by atoms with E-state index in [1.54, 1.807) is 21.3 Å². The van der Waals surface area contributed by atoms with Gasteiger partial charge in [-0.25, -0.2) is 0 Å². The lowest BCUT2D eigenvalue weighted by Crippen LogP contribution is -2.36. The number of benzene rings is 3. The molecular weight excluding hydrogens is 465 g/mol. The van der Waals surface area contributed by atoms with E-state index >= 15 is 0 Å². The molecule has 3 aromatic carbocycles. The minimum absolute atomic E-state index is 0. The summed E-state index contributed by atoms with van der Waals surface area (Å²) in [6.45, 7) is 1.30. The van der Waals surface area contributed by atoms with Crippen LogP contribution in [0.2, 0.25) is 0 Å². The van der Waals surface area contributed by atoms with Gasteiger partial charge in [-0.2, -0.15) is 0 Å². The number of halogens is 1. The van der Waals surface area contributed by atoms with Crippen molar-refractivity contribution < 1.29 is 9.47 Å². The van der Waals surface area contributed by atoms with E-state index in [1.807, 2.05) is 18.2 Å². The molecule has 0 amide bonds. The molecule has 148 valence electrons. The third-order valence-corrected chi connectivity index (χ3v) is 4.44. The second-order valence-electron chi connectivity index (χ2n) is 6.14. The zero-order valence-corrected chi connectivity index (χ0v) is 18.7. The highest BCUT2D eigenvalue weighted by Gasteiger charge is 2.06. The van der Waals surface area contributed by atoms with E-state index in [0.29, 0.717) is 13.1 Å². The monoisotopic (exact) mass is 491 g/mol. The first-order valence-corrected chi connectivity index (χ1v) is 8.86. The van der Waals surface area contributed by atoms with Gasteiger partial charge in [-0.05, 0) is 34.5 Å². The summed E-state index contributed by atoms with van der Waals surface area (Å²) >= 11 is 0. The molecule has 0 atom stereocenters. The highest BCUT2D eigenvalue weighted by Crippen LogP contribution is 2.24. The van der Waals surface area contributed by atoms with Crippen molar-refractivity contribution in [2.45, 2.75) is 13.1 Å². The Hall–Kier alpha value is -2.48. The highest BCUT2D eigenvalue weighted by atomic mass is 127. The molecule has 0 unspecified atom stereocenters. The largest absolute Gasteiger partial charge is 0.497 e. The van der Waals surface area contributed by atoms with Gasteiger partial charge in [0.15, 0.2) is 5.96 Å². The molecule has 3 rings (SSSR count).